The number of nitrogens with one attached hydrogen (secondary N) is 1. The lowest BCUT2D eigenvalue weighted by Crippen LogP contribution is -2.19. The Hall–Kier alpha value is -2.79. The summed E-state index contributed by atoms with van der Waals surface area (Å²) in [7, 11) is 0. The van der Waals surface area contributed by atoms with E-state index in [1.165, 1.54) is 0 Å². The van der Waals surface area contributed by atoms with E-state index in [0.29, 0.717) is 5.84 Å². The summed E-state index contributed by atoms with van der Waals surface area (Å²) in [6.45, 7) is 0. The van der Waals surface area contributed by atoms with Crippen molar-refractivity contribution >= 4 is 33.2 Å². The maximum absolute atomic E-state index is 4.77. The second kappa shape index (κ2) is 6.37. The van der Waals surface area contributed by atoms with Crippen LogP contribution in [0.25, 0.3) is 0 Å². The van der Waals surface area contributed by atoms with Crippen LogP contribution in [-0.4, -0.2) is 16.5 Å². The molecule has 1 N–H and O–H groups in total. The largest absolute Gasteiger partial charge is 0.264 e. The van der Waals surface area contributed by atoms with Crippen LogP contribution in [0.4, 0.5) is 5.69 Å². The number of hydrogen-bond donors (Lipinski definition) is 1. The molecular weight excluding hydrogens is 364 g/mol. The first-order chi connectivity index (χ1) is 11.8. The van der Waals surface area contributed by atoms with Crippen LogP contribution < -0.4 is 5.43 Å². The van der Waals surface area contributed by atoms with Crippen molar-refractivity contribution in [1.82, 2.24) is 10.4 Å². The van der Waals surface area contributed by atoms with Gasteiger partial charge in [0.15, 0.2) is 5.84 Å². The zero-order valence-corrected chi connectivity index (χ0v) is 14.2. The van der Waals surface area contributed by atoms with Gasteiger partial charge in [0.25, 0.3) is 0 Å². The lowest BCUT2D eigenvalue weighted by Gasteiger charge is -2.06. The summed E-state index contributed by atoms with van der Waals surface area (Å²) < 4.78 is 1.03. The van der Waals surface area contributed by atoms with Crippen LogP contribution in [0.2, 0.25) is 0 Å². The fraction of sp³-hybridized carbons (Fsp3) is 0. The highest BCUT2D eigenvalue weighted by Gasteiger charge is 2.16. The number of para-hydroxylation sites is 1. The van der Waals surface area contributed by atoms with Crippen molar-refractivity contribution in [3.05, 3.63) is 94.2 Å². The Morgan fingerprint density at radius 3 is 2.46 bits per heavy atom. The summed E-state index contributed by atoms with van der Waals surface area (Å²) in [4.78, 5) is 8.97. The third-order valence-electron chi connectivity index (χ3n) is 3.72. The van der Waals surface area contributed by atoms with Gasteiger partial charge in [-0.25, -0.2) is 4.99 Å². The maximum Gasteiger partial charge on any atom is 0.154 e. The number of fused-ring (bicyclic) bond motifs is 1. The van der Waals surface area contributed by atoms with Gasteiger partial charge in [0.2, 0.25) is 0 Å². The molecule has 0 fully saturated rings. The Kier molecular flexibility index (Phi) is 3.92. The fourth-order valence-corrected chi connectivity index (χ4v) is 2.81. The molecule has 0 amide bonds. The Bertz CT molecular complexity index is 931. The summed E-state index contributed by atoms with van der Waals surface area (Å²) in [5.41, 5.74) is 7.72. The highest BCUT2D eigenvalue weighted by atomic mass is 79.9. The van der Waals surface area contributed by atoms with E-state index in [1.54, 1.807) is 6.20 Å². The molecule has 116 valence electrons. The maximum atomic E-state index is 4.77. The molecule has 24 heavy (non-hydrogen) atoms. The Labute approximate surface area is 148 Å². The Morgan fingerprint density at radius 2 is 1.67 bits per heavy atom. The first kappa shape index (κ1) is 14.8. The summed E-state index contributed by atoms with van der Waals surface area (Å²) in [5.74, 6) is 0.717. The summed E-state index contributed by atoms with van der Waals surface area (Å²) in [6.07, 6.45) is 3.56. The predicted octanol–water partition coefficient (Wildman–Crippen LogP) is 4.28. The second-order valence-corrected chi connectivity index (χ2v) is 6.21. The molecule has 4 rings (SSSR count). The van der Waals surface area contributed by atoms with Crippen molar-refractivity contribution in [3.8, 4) is 0 Å². The molecule has 0 radical (unpaired) electrons. The van der Waals surface area contributed by atoms with Crippen LogP contribution in [0.5, 0.6) is 0 Å². The minimum atomic E-state index is 0.717. The van der Waals surface area contributed by atoms with Gasteiger partial charge in [0, 0.05) is 33.6 Å². The minimum Gasteiger partial charge on any atom is -0.264 e. The number of halogens is 1. The highest BCUT2D eigenvalue weighted by molar-refractivity contribution is 9.10. The average molecular weight is 377 g/mol. The molecule has 1 aliphatic rings. The lowest BCUT2D eigenvalue weighted by molar-refractivity contribution is 1.03. The number of benzene rings is 2. The van der Waals surface area contributed by atoms with E-state index < -0.39 is 0 Å². The van der Waals surface area contributed by atoms with Gasteiger partial charge < -0.3 is 0 Å². The average Bonchev–Trinajstić information content (AvgIpc) is 2.83. The van der Waals surface area contributed by atoms with Crippen molar-refractivity contribution in [2.75, 3.05) is 0 Å². The van der Waals surface area contributed by atoms with E-state index >= 15 is 0 Å². The van der Waals surface area contributed by atoms with E-state index in [-0.39, 0.29) is 0 Å². The van der Waals surface area contributed by atoms with E-state index in [1.807, 2.05) is 66.9 Å². The van der Waals surface area contributed by atoms with Gasteiger partial charge in [-0.15, -0.1) is 0 Å². The van der Waals surface area contributed by atoms with Crippen LogP contribution in [0.1, 0.15) is 16.7 Å². The van der Waals surface area contributed by atoms with Gasteiger partial charge in [-0.05, 0) is 30.3 Å². The monoisotopic (exact) mass is 376 g/mol. The molecule has 0 atom stereocenters. The number of nitrogens with zero attached hydrogens (tertiary/aromatic N) is 3. The minimum absolute atomic E-state index is 0.717. The lowest BCUT2D eigenvalue weighted by atomic mass is 10.0. The molecule has 5 heteroatoms. The van der Waals surface area contributed by atoms with Crippen molar-refractivity contribution in [1.29, 1.82) is 0 Å². The van der Waals surface area contributed by atoms with Crippen LogP contribution in [-0.2, 0) is 0 Å². The summed E-state index contributed by atoms with van der Waals surface area (Å²) in [6, 6.07) is 19.9. The van der Waals surface area contributed by atoms with Crippen LogP contribution in [0.15, 0.2) is 87.6 Å². The van der Waals surface area contributed by atoms with E-state index in [2.05, 4.69) is 31.4 Å². The van der Waals surface area contributed by atoms with Crippen LogP contribution in [0.3, 0.4) is 0 Å². The topological polar surface area (TPSA) is 49.6 Å². The molecule has 0 saturated heterocycles. The zero-order valence-electron chi connectivity index (χ0n) is 12.6. The van der Waals surface area contributed by atoms with E-state index in [4.69, 9.17) is 4.99 Å². The molecule has 0 saturated carbocycles. The van der Waals surface area contributed by atoms with Gasteiger partial charge in [0.1, 0.15) is 5.71 Å². The number of hydrazone groups is 1. The number of rotatable bonds is 2. The number of hydrogen-bond acceptors (Lipinski definition) is 4. The first-order valence-electron chi connectivity index (χ1n) is 7.49. The molecule has 0 spiro atoms. The quantitative estimate of drug-likeness (QED) is 0.725. The van der Waals surface area contributed by atoms with Crippen molar-refractivity contribution in [3.63, 3.8) is 0 Å². The van der Waals surface area contributed by atoms with Gasteiger partial charge in [0.05, 0.1) is 5.69 Å². The summed E-state index contributed by atoms with van der Waals surface area (Å²) in [5, 5.41) is 4.60. The van der Waals surface area contributed by atoms with Gasteiger partial charge in [-0.1, -0.05) is 46.3 Å². The Morgan fingerprint density at radius 1 is 0.833 bits per heavy atom. The van der Waals surface area contributed by atoms with Crippen molar-refractivity contribution in [2.45, 2.75) is 0 Å². The Balaban J connectivity index is 1.84. The molecule has 0 unspecified atom stereocenters. The van der Waals surface area contributed by atoms with E-state index in [0.717, 1.165) is 32.6 Å². The van der Waals surface area contributed by atoms with Crippen molar-refractivity contribution < 1.29 is 0 Å². The summed E-state index contributed by atoms with van der Waals surface area (Å²) >= 11 is 3.46. The smallest absolute Gasteiger partial charge is 0.154 e. The van der Waals surface area contributed by atoms with Crippen LogP contribution >= 0.6 is 15.9 Å². The number of aliphatic imine (C=N–C) groups is 1. The van der Waals surface area contributed by atoms with Gasteiger partial charge >= 0.3 is 0 Å². The molecule has 0 aliphatic carbocycles. The molecule has 3 aromatic rings. The van der Waals surface area contributed by atoms with Gasteiger partial charge in [-0.2, -0.15) is 5.10 Å². The third-order valence-corrected chi connectivity index (χ3v) is 4.25. The standard InChI is InChI=1S/C19H13BrN4/c20-15-9-7-13(8-10-15)19-22-17-6-2-1-5-16(17)18(23-24-19)14-4-3-11-21-12-14/h1-12H,(H,22,24). The SMILES string of the molecule is Brc1ccc(C2=Nc3ccccc3C(c3cccnc3)=NN2)cc1. The van der Waals surface area contributed by atoms with Crippen molar-refractivity contribution in [2.24, 2.45) is 10.1 Å². The molecule has 2 heterocycles. The molecular formula is C19H13BrN4. The van der Waals surface area contributed by atoms with Gasteiger partial charge in [-0.3, -0.25) is 10.4 Å². The third kappa shape index (κ3) is 2.86. The molecule has 1 aliphatic heterocycles. The zero-order chi connectivity index (χ0) is 16.4. The van der Waals surface area contributed by atoms with E-state index in [9.17, 15) is 0 Å². The second-order valence-electron chi connectivity index (χ2n) is 5.30. The molecule has 4 nitrogen and oxygen atoms in total. The highest BCUT2D eigenvalue weighted by Crippen LogP contribution is 2.25. The molecule has 1 aromatic heterocycles. The normalized spacial score (nSPS) is 13.2. The number of pyridine rings is 1. The predicted molar refractivity (Wildman–Crippen MR) is 99.8 cm³/mol. The fourth-order valence-electron chi connectivity index (χ4n) is 2.55. The number of amidine groups is 1. The molecule has 2 aromatic carbocycles. The molecule has 0 bridgehead atoms. The van der Waals surface area contributed by atoms with Crippen LogP contribution in [0, 0.1) is 0 Å². The first-order valence-corrected chi connectivity index (χ1v) is 8.29. The number of aromatic nitrogens is 1.